The molecule has 0 bridgehead atoms. The van der Waals surface area contributed by atoms with Crippen LogP contribution in [-0.2, 0) is 5.41 Å². The maximum Gasteiger partial charge on any atom is 0.252 e. The summed E-state index contributed by atoms with van der Waals surface area (Å²) in [6, 6.07) is 145. The Bertz CT molecular complexity index is 7080. The van der Waals surface area contributed by atoms with E-state index in [-0.39, 0.29) is 12.1 Å². The molecular formula is C108H73BN6. The lowest BCUT2D eigenvalue weighted by Gasteiger charge is -2.46. The molecule has 0 radical (unpaired) electrons. The van der Waals surface area contributed by atoms with Gasteiger partial charge in [0.25, 0.3) is 6.71 Å². The van der Waals surface area contributed by atoms with Gasteiger partial charge in [0.1, 0.15) is 0 Å². The lowest BCUT2D eigenvalue weighted by molar-refractivity contribution is 0.590. The number of hydrogen-bond donors (Lipinski definition) is 0. The van der Waals surface area contributed by atoms with E-state index < -0.39 is 0 Å². The van der Waals surface area contributed by atoms with Crippen molar-refractivity contribution >= 4 is 107 Å². The quantitative estimate of drug-likeness (QED) is 0.0904. The minimum absolute atomic E-state index is 0.121. The van der Waals surface area contributed by atoms with Crippen molar-refractivity contribution in [3.05, 3.63) is 411 Å². The van der Waals surface area contributed by atoms with Crippen molar-refractivity contribution in [2.75, 3.05) is 9.80 Å². The third-order valence-corrected chi connectivity index (χ3v) is 23.7. The molecule has 2 aromatic heterocycles. The first-order chi connectivity index (χ1) is 56.6. The van der Waals surface area contributed by atoms with Gasteiger partial charge in [-0.05, 0) is 197 Å². The first-order valence-electron chi connectivity index (χ1n) is 39.4. The molecule has 0 aliphatic carbocycles. The summed E-state index contributed by atoms with van der Waals surface area (Å²) in [7, 11) is 0. The number of nitrogens with zero attached hydrogens (tertiary/aromatic N) is 6. The average molecular weight is 1470 g/mol. The largest absolute Gasteiger partial charge is 0.310 e. The van der Waals surface area contributed by atoms with Gasteiger partial charge in [0.2, 0.25) is 0 Å². The monoisotopic (exact) mass is 1460 g/mol. The van der Waals surface area contributed by atoms with E-state index in [1.54, 1.807) is 0 Å². The van der Waals surface area contributed by atoms with Crippen LogP contribution in [0.1, 0.15) is 31.9 Å². The highest BCUT2D eigenvalue weighted by atomic mass is 15.2. The number of benzene rings is 17. The summed E-state index contributed by atoms with van der Waals surface area (Å²) in [5.74, 6) is 0. The van der Waals surface area contributed by atoms with E-state index in [1.807, 2.05) is 24.3 Å². The summed E-state index contributed by atoms with van der Waals surface area (Å²) in [6.07, 6.45) is 0. The zero-order chi connectivity index (χ0) is 77.0. The molecule has 19 aromatic rings. The lowest BCUT2D eigenvalue weighted by atomic mass is 9.33. The third kappa shape index (κ3) is 11.5. The van der Waals surface area contributed by atoms with Gasteiger partial charge in [-0.1, -0.05) is 306 Å². The number of rotatable bonds is 12. The molecule has 0 saturated heterocycles. The van der Waals surface area contributed by atoms with Crippen LogP contribution in [0.15, 0.2) is 388 Å². The Labute approximate surface area is 669 Å². The van der Waals surface area contributed by atoms with Crippen LogP contribution in [0, 0.1) is 17.9 Å². The summed E-state index contributed by atoms with van der Waals surface area (Å²) in [4.78, 5) is 9.22. The van der Waals surface area contributed by atoms with Gasteiger partial charge >= 0.3 is 0 Å². The van der Waals surface area contributed by atoms with Crippen LogP contribution in [0.2, 0.25) is 0 Å². The number of anilines is 6. The van der Waals surface area contributed by atoms with Crippen molar-refractivity contribution in [1.82, 2.24) is 9.13 Å². The Kier molecular flexibility index (Phi) is 16.3. The minimum atomic E-state index is -0.357. The summed E-state index contributed by atoms with van der Waals surface area (Å²) < 4.78 is 4.94. The second-order valence-corrected chi connectivity index (χ2v) is 31.3. The first-order valence-corrected chi connectivity index (χ1v) is 39.4. The van der Waals surface area contributed by atoms with Crippen LogP contribution in [0.4, 0.5) is 39.8 Å². The molecule has 4 heterocycles. The minimum Gasteiger partial charge on any atom is -0.310 e. The smallest absolute Gasteiger partial charge is 0.252 e. The van der Waals surface area contributed by atoms with Crippen LogP contribution in [0.25, 0.3) is 149 Å². The van der Waals surface area contributed by atoms with Gasteiger partial charge in [-0.2, -0.15) is 5.26 Å². The van der Waals surface area contributed by atoms with Gasteiger partial charge in [0.15, 0.2) is 5.69 Å². The normalized spacial score (nSPS) is 12.2. The molecule has 7 heteroatoms. The fourth-order valence-electron chi connectivity index (χ4n) is 18.2. The second-order valence-electron chi connectivity index (χ2n) is 31.3. The highest BCUT2D eigenvalue weighted by molar-refractivity contribution is 7.00. The lowest BCUT2D eigenvalue weighted by Crippen LogP contribution is -2.61. The molecule has 0 amide bonds. The average Bonchev–Trinajstić information content (AvgIpc) is 1.30. The molecule has 17 aromatic carbocycles. The fraction of sp³-hybridized carbons (Fsp3) is 0.0370. The van der Waals surface area contributed by atoms with E-state index in [0.717, 1.165) is 173 Å². The maximum absolute atomic E-state index is 10.3. The Morgan fingerprint density at radius 2 is 0.635 bits per heavy atom. The molecule has 2 aliphatic rings. The Balaban J connectivity index is 0.952. The molecule has 115 heavy (non-hydrogen) atoms. The summed E-state index contributed by atoms with van der Waals surface area (Å²) in [5, 5.41) is 15.0. The van der Waals surface area contributed by atoms with Crippen LogP contribution in [0.5, 0.6) is 0 Å². The standard InChI is InChI=1S/C108H73BN6/c1-108(2,3)83-52-48-77(49-53-83)93-63-80(73-46-44-70(69-110)45-47-73)61-91(75-30-13-7-14-31-75)106(93)114-101-67-85(112-97-40-21-17-36-87(97)88-37-18-22-41-98(88)112)56-58-95(101)109-96-59-57-86(113-99-42-23-19-38-89(99)90-39-20-24-43-100(90)113)68-102(96)115(104-66-82(65-103(114)105(104)109)72-28-11-6-12-29-72)107-92(76-32-15-8-16-33-76)62-81(74-50-54-84(111-4)55-51-74)64-94(107)79-35-25-34-78(60-79)71-26-9-5-10-27-71/h5-68H,1-3H3. The number of hydrogen-bond acceptors (Lipinski definition) is 3. The highest BCUT2D eigenvalue weighted by Gasteiger charge is 2.46. The van der Waals surface area contributed by atoms with Gasteiger partial charge in [0, 0.05) is 77.9 Å². The molecule has 0 N–H and O–H groups in total. The Morgan fingerprint density at radius 3 is 1.05 bits per heavy atom. The molecule has 538 valence electrons. The van der Waals surface area contributed by atoms with Gasteiger partial charge < -0.3 is 18.9 Å². The zero-order valence-electron chi connectivity index (χ0n) is 63.7. The van der Waals surface area contributed by atoms with Crippen molar-refractivity contribution in [3.8, 4) is 106 Å². The number of para-hydroxylation sites is 4. The van der Waals surface area contributed by atoms with Crippen LogP contribution in [-0.4, -0.2) is 15.8 Å². The Morgan fingerprint density at radius 1 is 0.296 bits per heavy atom. The second kappa shape index (κ2) is 27.5. The predicted octanol–water partition coefficient (Wildman–Crippen LogP) is 27.0. The van der Waals surface area contributed by atoms with E-state index in [9.17, 15) is 5.26 Å². The van der Waals surface area contributed by atoms with Gasteiger partial charge in [-0.3, -0.25) is 0 Å². The number of fused-ring (bicyclic) bond motifs is 10. The molecular weight excluding hydrogens is 1390 g/mol. The molecule has 0 saturated carbocycles. The molecule has 0 unspecified atom stereocenters. The summed E-state index contributed by atoms with van der Waals surface area (Å²) in [5.41, 5.74) is 35.3. The molecule has 0 atom stereocenters. The van der Waals surface area contributed by atoms with Crippen LogP contribution < -0.4 is 26.2 Å². The molecule has 6 nitrogen and oxygen atoms in total. The molecule has 0 fully saturated rings. The van der Waals surface area contributed by atoms with Crippen LogP contribution >= 0.6 is 0 Å². The van der Waals surface area contributed by atoms with Crippen molar-refractivity contribution in [1.29, 1.82) is 5.26 Å². The predicted molar refractivity (Wildman–Crippen MR) is 482 cm³/mol. The topological polar surface area (TPSA) is 44.5 Å². The van der Waals surface area contributed by atoms with E-state index in [1.165, 1.54) is 27.1 Å². The van der Waals surface area contributed by atoms with Crippen molar-refractivity contribution in [3.63, 3.8) is 0 Å². The van der Waals surface area contributed by atoms with Crippen LogP contribution in [0.3, 0.4) is 0 Å². The molecule has 21 rings (SSSR count). The SMILES string of the molecule is [C-]#[N+]c1ccc(-c2cc(-c3ccccc3)c(N3c4cc(-n5c6ccccc6c6ccccc65)ccc4B4c5ccc(-n6c7ccccc7c7ccccc76)cc5N(c5c(-c6ccccc6)cc(-c6ccc(C#N)cc6)cc5-c5ccc(C(C)(C)C)cc5)c5cc(-c6ccccc6)cc3c54)c(-c3cccc(-c4ccccc4)c3)c2)cc1. The summed E-state index contributed by atoms with van der Waals surface area (Å²) in [6.45, 7) is 14.6. The Hall–Kier alpha value is -15.0. The first kappa shape index (κ1) is 68.0. The maximum atomic E-state index is 10.3. The third-order valence-electron chi connectivity index (χ3n) is 23.7. The highest BCUT2D eigenvalue weighted by Crippen LogP contribution is 2.56. The zero-order valence-corrected chi connectivity index (χ0v) is 63.7. The van der Waals surface area contributed by atoms with Gasteiger partial charge in [-0.15, -0.1) is 0 Å². The van der Waals surface area contributed by atoms with Crippen molar-refractivity contribution in [2.45, 2.75) is 26.2 Å². The van der Waals surface area contributed by atoms with Crippen molar-refractivity contribution in [2.24, 2.45) is 0 Å². The molecule has 2 aliphatic heterocycles. The summed E-state index contributed by atoms with van der Waals surface area (Å²) >= 11 is 0. The van der Waals surface area contributed by atoms with Gasteiger partial charge in [0.05, 0.1) is 51.6 Å². The van der Waals surface area contributed by atoms with E-state index in [2.05, 4.69) is 415 Å². The van der Waals surface area contributed by atoms with E-state index in [4.69, 9.17) is 6.57 Å². The number of aromatic nitrogens is 2. The fourth-order valence-corrected chi connectivity index (χ4v) is 18.2. The van der Waals surface area contributed by atoms with Crippen molar-refractivity contribution < 1.29 is 0 Å². The molecule has 0 spiro atoms. The van der Waals surface area contributed by atoms with E-state index >= 15 is 0 Å². The van der Waals surface area contributed by atoms with Gasteiger partial charge in [-0.25, -0.2) is 4.85 Å². The van der Waals surface area contributed by atoms with E-state index in [0.29, 0.717) is 11.3 Å². The number of nitriles is 1.